The monoisotopic (exact) mass is 362 g/mol. The standard InChI is InChI=1S/C21H34O3Si/c1-16(18(3)20(22)23)13-17(2)25(7,21(4,5)6)15-24-14-19-11-9-8-10-12-19/h8-13,16,18H,14-15H2,1-7H3,(H,22,23)/b17-13+/t16-,18+,25+/m1/s1. The summed E-state index contributed by atoms with van der Waals surface area (Å²) in [6, 6.07) is 10.2. The minimum absolute atomic E-state index is 0.0146. The van der Waals surface area contributed by atoms with Gasteiger partial charge in [-0.1, -0.05) is 82.8 Å². The van der Waals surface area contributed by atoms with Crippen molar-refractivity contribution in [2.45, 2.75) is 59.7 Å². The van der Waals surface area contributed by atoms with Gasteiger partial charge in [-0.25, -0.2) is 0 Å². The first kappa shape index (κ1) is 21.6. The summed E-state index contributed by atoms with van der Waals surface area (Å²) in [7, 11) is -1.91. The molecular formula is C21H34O3Si. The quantitative estimate of drug-likeness (QED) is 0.624. The molecule has 1 aromatic carbocycles. The summed E-state index contributed by atoms with van der Waals surface area (Å²) < 4.78 is 6.13. The second-order valence-electron chi connectivity index (χ2n) is 8.40. The lowest BCUT2D eigenvalue weighted by Crippen LogP contribution is -2.47. The Hall–Kier alpha value is -1.39. The molecule has 0 bridgehead atoms. The summed E-state index contributed by atoms with van der Waals surface area (Å²) >= 11 is 0. The van der Waals surface area contributed by atoms with Gasteiger partial charge in [0, 0.05) is 6.23 Å². The molecule has 0 radical (unpaired) electrons. The van der Waals surface area contributed by atoms with E-state index < -0.39 is 14.0 Å². The molecule has 0 unspecified atom stereocenters. The number of hydrogen-bond donors (Lipinski definition) is 1. The topological polar surface area (TPSA) is 46.5 Å². The molecule has 3 atom stereocenters. The molecule has 0 heterocycles. The summed E-state index contributed by atoms with van der Waals surface area (Å²) in [6.45, 7) is 15.7. The number of carboxylic acids is 1. The molecule has 140 valence electrons. The number of benzene rings is 1. The minimum Gasteiger partial charge on any atom is -0.481 e. The Labute approximate surface area is 154 Å². The predicted octanol–water partition coefficient (Wildman–Crippen LogP) is 5.46. The minimum atomic E-state index is -1.91. The summed E-state index contributed by atoms with van der Waals surface area (Å²) in [5.41, 5.74) is 1.18. The molecule has 1 N–H and O–H groups in total. The van der Waals surface area contributed by atoms with Crippen molar-refractivity contribution in [3.8, 4) is 0 Å². The fourth-order valence-electron chi connectivity index (χ4n) is 2.82. The molecule has 0 saturated carbocycles. The van der Waals surface area contributed by atoms with Crippen molar-refractivity contribution in [2.24, 2.45) is 11.8 Å². The average molecular weight is 363 g/mol. The second-order valence-corrected chi connectivity index (χ2v) is 13.6. The van der Waals surface area contributed by atoms with Crippen LogP contribution in [0.15, 0.2) is 41.6 Å². The van der Waals surface area contributed by atoms with Gasteiger partial charge in [-0.15, -0.1) is 0 Å². The third-order valence-corrected chi connectivity index (χ3v) is 11.7. The van der Waals surface area contributed by atoms with Gasteiger partial charge < -0.3 is 9.84 Å². The number of allylic oxidation sites excluding steroid dienone is 2. The van der Waals surface area contributed by atoms with Crippen molar-refractivity contribution in [1.29, 1.82) is 0 Å². The van der Waals surface area contributed by atoms with E-state index >= 15 is 0 Å². The van der Waals surface area contributed by atoms with Gasteiger partial charge in [-0.05, 0) is 23.4 Å². The molecule has 0 spiro atoms. The van der Waals surface area contributed by atoms with Crippen LogP contribution in [-0.2, 0) is 16.1 Å². The molecule has 4 heteroatoms. The van der Waals surface area contributed by atoms with Crippen LogP contribution in [0.1, 0.15) is 47.1 Å². The van der Waals surface area contributed by atoms with Gasteiger partial charge in [0.1, 0.15) is 8.07 Å². The van der Waals surface area contributed by atoms with Gasteiger partial charge in [0.2, 0.25) is 0 Å². The van der Waals surface area contributed by atoms with E-state index in [1.54, 1.807) is 6.92 Å². The number of aliphatic carboxylic acids is 1. The van der Waals surface area contributed by atoms with Crippen molar-refractivity contribution in [1.82, 2.24) is 0 Å². The van der Waals surface area contributed by atoms with Crippen LogP contribution in [0.2, 0.25) is 11.6 Å². The molecule has 0 amide bonds. The van der Waals surface area contributed by atoms with Crippen molar-refractivity contribution >= 4 is 14.0 Å². The van der Waals surface area contributed by atoms with E-state index in [4.69, 9.17) is 4.74 Å². The molecule has 0 saturated heterocycles. The van der Waals surface area contributed by atoms with Gasteiger partial charge in [0.25, 0.3) is 0 Å². The van der Waals surface area contributed by atoms with Gasteiger partial charge in [0.05, 0.1) is 12.5 Å². The fraction of sp³-hybridized carbons (Fsp3) is 0.571. The first-order valence-electron chi connectivity index (χ1n) is 9.02. The van der Waals surface area contributed by atoms with E-state index in [0.717, 1.165) is 6.23 Å². The summed E-state index contributed by atoms with van der Waals surface area (Å²) in [5, 5.41) is 10.7. The van der Waals surface area contributed by atoms with Crippen molar-refractivity contribution in [3.05, 3.63) is 47.2 Å². The summed E-state index contributed by atoms with van der Waals surface area (Å²) in [5.74, 6) is -1.10. The van der Waals surface area contributed by atoms with E-state index in [1.807, 2.05) is 25.1 Å². The van der Waals surface area contributed by atoms with E-state index in [9.17, 15) is 9.90 Å². The van der Waals surface area contributed by atoms with Crippen molar-refractivity contribution in [2.75, 3.05) is 6.23 Å². The molecule has 1 aromatic rings. The second kappa shape index (κ2) is 8.81. The van der Waals surface area contributed by atoms with Crippen molar-refractivity contribution < 1.29 is 14.6 Å². The lowest BCUT2D eigenvalue weighted by Gasteiger charge is -2.41. The zero-order valence-electron chi connectivity index (χ0n) is 16.8. The molecule has 0 aliphatic heterocycles. The maximum absolute atomic E-state index is 11.3. The lowest BCUT2D eigenvalue weighted by molar-refractivity contribution is -0.142. The van der Waals surface area contributed by atoms with Crippen LogP contribution >= 0.6 is 0 Å². The van der Waals surface area contributed by atoms with Crippen LogP contribution in [-0.4, -0.2) is 25.4 Å². The highest BCUT2D eigenvalue weighted by molar-refractivity contribution is 6.87. The molecule has 0 aliphatic rings. The van der Waals surface area contributed by atoms with Gasteiger partial charge in [-0.2, -0.15) is 0 Å². The molecule has 3 nitrogen and oxygen atoms in total. The normalized spacial score (nSPS) is 17.6. The highest BCUT2D eigenvalue weighted by Gasteiger charge is 2.42. The van der Waals surface area contributed by atoms with Crippen LogP contribution < -0.4 is 0 Å². The number of carbonyl (C=O) groups is 1. The molecule has 0 fully saturated rings. The molecule has 0 aliphatic carbocycles. The Balaban J connectivity index is 2.92. The van der Waals surface area contributed by atoms with Crippen molar-refractivity contribution in [3.63, 3.8) is 0 Å². The van der Waals surface area contributed by atoms with E-state index in [-0.39, 0.29) is 16.9 Å². The molecule has 25 heavy (non-hydrogen) atoms. The first-order valence-corrected chi connectivity index (χ1v) is 11.7. The van der Waals surface area contributed by atoms with E-state index in [2.05, 4.69) is 52.5 Å². The molecular weight excluding hydrogens is 328 g/mol. The van der Waals surface area contributed by atoms with Crippen LogP contribution in [0.25, 0.3) is 0 Å². The van der Waals surface area contributed by atoms with Gasteiger partial charge >= 0.3 is 5.97 Å². The molecule has 0 aromatic heterocycles. The van der Waals surface area contributed by atoms with Crippen LogP contribution in [0.3, 0.4) is 0 Å². The zero-order valence-corrected chi connectivity index (χ0v) is 17.8. The predicted molar refractivity (Wildman–Crippen MR) is 107 cm³/mol. The SMILES string of the molecule is C/C(=C\[C@@H](C)[C@H](C)C(=O)O)[Si@](C)(COCc1ccccc1)C(C)(C)C. The zero-order chi connectivity index (χ0) is 19.3. The lowest BCUT2D eigenvalue weighted by atomic mass is 9.96. The summed E-state index contributed by atoms with van der Waals surface area (Å²) in [4.78, 5) is 11.3. The van der Waals surface area contributed by atoms with E-state index in [0.29, 0.717) is 6.61 Å². The highest BCUT2D eigenvalue weighted by Crippen LogP contribution is 2.41. The van der Waals surface area contributed by atoms with Crippen LogP contribution in [0.4, 0.5) is 0 Å². The smallest absolute Gasteiger partial charge is 0.306 e. The summed E-state index contributed by atoms with van der Waals surface area (Å²) in [6.07, 6.45) is 2.91. The third-order valence-electron chi connectivity index (χ3n) is 5.72. The highest BCUT2D eigenvalue weighted by atomic mass is 28.3. The fourth-order valence-corrected chi connectivity index (χ4v) is 5.80. The third kappa shape index (κ3) is 5.82. The Bertz CT molecular complexity index is 589. The van der Waals surface area contributed by atoms with Crippen LogP contribution in [0.5, 0.6) is 0 Å². The Morgan fingerprint density at radius 3 is 2.28 bits per heavy atom. The Morgan fingerprint density at radius 1 is 1.24 bits per heavy atom. The Kier molecular flexibility index (Phi) is 7.63. The van der Waals surface area contributed by atoms with Gasteiger partial charge in [0.15, 0.2) is 0 Å². The van der Waals surface area contributed by atoms with E-state index in [1.165, 1.54) is 10.8 Å². The number of ether oxygens (including phenoxy) is 1. The molecule has 1 rings (SSSR count). The average Bonchev–Trinajstić information content (AvgIpc) is 2.53. The first-order chi connectivity index (χ1) is 11.5. The van der Waals surface area contributed by atoms with Crippen LogP contribution in [0, 0.1) is 11.8 Å². The van der Waals surface area contributed by atoms with Gasteiger partial charge in [-0.3, -0.25) is 4.79 Å². The largest absolute Gasteiger partial charge is 0.481 e. The number of rotatable bonds is 8. The number of carboxylic acid groups (broad SMARTS) is 1. The number of hydrogen-bond acceptors (Lipinski definition) is 2. The maximum Gasteiger partial charge on any atom is 0.306 e. The maximum atomic E-state index is 11.3. The Morgan fingerprint density at radius 2 is 1.80 bits per heavy atom.